The van der Waals surface area contributed by atoms with Gasteiger partial charge in [0.05, 0.1) is 12.2 Å². The summed E-state index contributed by atoms with van der Waals surface area (Å²) in [6, 6.07) is 13.7. The number of hydrogen-bond donors (Lipinski definition) is 0. The van der Waals surface area contributed by atoms with Gasteiger partial charge < -0.3 is 9.80 Å². The van der Waals surface area contributed by atoms with Gasteiger partial charge in [-0.05, 0) is 30.5 Å². The number of carbonyl (C=O) groups is 2. The standard InChI is InChI=1S/C23H25ClN2O2S/c1-15(2)12-21(27)26-10-11-29-23(26)18-13-16(3)8-9-20(18)25(22(23)28)14-17-6-4-5-7-19(17)24/h4-9,13,15H,10-12,14H2,1-3H3/t23-/m1/s1. The van der Waals surface area contributed by atoms with E-state index < -0.39 is 4.87 Å². The van der Waals surface area contributed by atoms with Crippen LogP contribution in [0.5, 0.6) is 0 Å². The fourth-order valence-corrected chi connectivity index (χ4v) is 5.86. The Morgan fingerprint density at radius 2 is 2.00 bits per heavy atom. The minimum absolute atomic E-state index is 0.0439. The quantitative estimate of drug-likeness (QED) is 0.690. The molecule has 2 aliphatic rings. The van der Waals surface area contributed by atoms with Crippen LogP contribution in [-0.4, -0.2) is 29.0 Å². The van der Waals surface area contributed by atoms with Crippen molar-refractivity contribution in [2.45, 2.75) is 38.6 Å². The molecule has 2 aliphatic heterocycles. The van der Waals surface area contributed by atoms with Crippen molar-refractivity contribution in [2.24, 2.45) is 5.92 Å². The summed E-state index contributed by atoms with van der Waals surface area (Å²) in [5.41, 5.74) is 3.78. The highest BCUT2D eigenvalue weighted by Gasteiger charge is 2.59. The number of aryl methyl sites for hydroxylation is 1. The molecule has 2 aromatic rings. The maximum absolute atomic E-state index is 13.9. The molecule has 0 aliphatic carbocycles. The fraction of sp³-hybridized carbons (Fsp3) is 0.391. The number of anilines is 1. The van der Waals surface area contributed by atoms with Gasteiger partial charge in [0.2, 0.25) is 5.91 Å². The second kappa shape index (κ2) is 7.69. The lowest BCUT2D eigenvalue weighted by atomic mass is 10.0. The zero-order valence-corrected chi connectivity index (χ0v) is 18.5. The maximum atomic E-state index is 13.9. The minimum Gasteiger partial charge on any atom is -0.315 e. The number of amides is 2. The molecule has 0 radical (unpaired) electrons. The van der Waals surface area contributed by atoms with Crippen LogP contribution in [0, 0.1) is 12.8 Å². The van der Waals surface area contributed by atoms with Crippen LogP contribution in [-0.2, 0) is 21.0 Å². The lowest BCUT2D eigenvalue weighted by Gasteiger charge is -2.33. The lowest BCUT2D eigenvalue weighted by Crippen LogP contribution is -2.50. The Labute approximate surface area is 181 Å². The van der Waals surface area contributed by atoms with Gasteiger partial charge in [-0.3, -0.25) is 9.59 Å². The molecular formula is C23H25ClN2O2S. The molecule has 1 spiro atoms. The third kappa shape index (κ3) is 3.34. The zero-order chi connectivity index (χ0) is 20.8. The van der Waals surface area contributed by atoms with Crippen molar-refractivity contribution in [1.29, 1.82) is 0 Å². The van der Waals surface area contributed by atoms with Crippen LogP contribution in [0.15, 0.2) is 42.5 Å². The molecule has 0 saturated carbocycles. The monoisotopic (exact) mass is 428 g/mol. The topological polar surface area (TPSA) is 40.6 Å². The molecule has 4 rings (SSSR count). The highest BCUT2D eigenvalue weighted by atomic mass is 35.5. The number of fused-ring (bicyclic) bond motifs is 2. The zero-order valence-electron chi connectivity index (χ0n) is 16.9. The van der Waals surface area contributed by atoms with Crippen LogP contribution in [0.25, 0.3) is 0 Å². The molecule has 152 valence electrons. The van der Waals surface area contributed by atoms with Crippen molar-refractivity contribution in [1.82, 2.24) is 4.90 Å². The number of halogens is 1. The Kier molecular flexibility index (Phi) is 5.38. The summed E-state index contributed by atoms with van der Waals surface area (Å²) in [4.78, 5) is 29.6. The second-order valence-corrected chi connectivity index (χ2v) is 9.83. The Bertz CT molecular complexity index is 977. The van der Waals surface area contributed by atoms with E-state index in [0.717, 1.165) is 28.1 Å². The Balaban J connectivity index is 1.80. The number of benzene rings is 2. The van der Waals surface area contributed by atoms with Crippen LogP contribution < -0.4 is 4.90 Å². The summed E-state index contributed by atoms with van der Waals surface area (Å²) in [5, 5.41) is 0.640. The fourth-order valence-electron chi connectivity index (χ4n) is 4.20. The number of hydrogen-bond acceptors (Lipinski definition) is 3. The average Bonchev–Trinajstić information content (AvgIpc) is 3.20. The van der Waals surface area contributed by atoms with Crippen LogP contribution >= 0.6 is 23.4 Å². The van der Waals surface area contributed by atoms with Gasteiger partial charge >= 0.3 is 0 Å². The summed E-state index contributed by atoms with van der Waals surface area (Å²) >= 11 is 7.96. The van der Waals surface area contributed by atoms with Crippen LogP contribution in [0.2, 0.25) is 5.02 Å². The van der Waals surface area contributed by atoms with Crippen LogP contribution in [0.1, 0.15) is 37.0 Å². The highest BCUT2D eigenvalue weighted by Crippen LogP contribution is 2.55. The normalized spacial score (nSPS) is 20.8. The first-order valence-electron chi connectivity index (χ1n) is 9.95. The number of nitrogens with zero attached hydrogens (tertiary/aromatic N) is 2. The molecule has 2 heterocycles. The molecular weight excluding hydrogens is 404 g/mol. The second-order valence-electron chi connectivity index (χ2n) is 8.14. The summed E-state index contributed by atoms with van der Waals surface area (Å²) < 4.78 is 0. The molecule has 0 bridgehead atoms. The average molecular weight is 429 g/mol. The minimum atomic E-state index is -0.964. The van der Waals surface area contributed by atoms with E-state index in [4.69, 9.17) is 11.6 Å². The SMILES string of the molecule is Cc1ccc2c(c1)[C@@]1(SCCN1C(=O)CC(C)C)C(=O)N2Cc1ccccc1Cl. The molecule has 2 amide bonds. The predicted octanol–water partition coefficient (Wildman–Crippen LogP) is 4.97. The molecule has 0 aromatic heterocycles. The first-order valence-corrected chi connectivity index (χ1v) is 11.3. The first-order chi connectivity index (χ1) is 13.8. The van der Waals surface area contributed by atoms with E-state index in [1.54, 1.807) is 16.7 Å². The van der Waals surface area contributed by atoms with Gasteiger partial charge in [-0.1, -0.05) is 61.3 Å². The van der Waals surface area contributed by atoms with E-state index in [9.17, 15) is 9.59 Å². The van der Waals surface area contributed by atoms with E-state index in [-0.39, 0.29) is 17.7 Å². The van der Waals surface area contributed by atoms with E-state index in [2.05, 4.69) is 6.07 Å². The van der Waals surface area contributed by atoms with E-state index in [1.807, 2.05) is 62.1 Å². The predicted molar refractivity (Wildman–Crippen MR) is 119 cm³/mol. The molecule has 6 heteroatoms. The van der Waals surface area contributed by atoms with Gasteiger partial charge in [0.1, 0.15) is 0 Å². The number of thioether (sulfide) groups is 1. The number of carbonyl (C=O) groups excluding carboxylic acids is 2. The summed E-state index contributed by atoms with van der Waals surface area (Å²) in [6.45, 7) is 7.07. The molecule has 29 heavy (non-hydrogen) atoms. The lowest BCUT2D eigenvalue weighted by molar-refractivity contribution is -0.140. The van der Waals surface area contributed by atoms with Crippen molar-refractivity contribution >= 4 is 40.9 Å². The number of rotatable bonds is 4. The van der Waals surface area contributed by atoms with Gasteiger partial charge in [0.15, 0.2) is 4.87 Å². The maximum Gasteiger partial charge on any atom is 0.268 e. The van der Waals surface area contributed by atoms with Crippen molar-refractivity contribution in [3.05, 3.63) is 64.2 Å². The molecule has 4 nitrogen and oxygen atoms in total. The van der Waals surface area contributed by atoms with Crippen LogP contribution in [0.4, 0.5) is 5.69 Å². The Morgan fingerprint density at radius 1 is 1.24 bits per heavy atom. The first kappa shape index (κ1) is 20.3. The van der Waals surface area contributed by atoms with Gasteiger partial charge in [0.25, 0.3) is 5.91 Å². The third-order valence-corrected chi connectivity index (χ3v) is 7.31. The molecule has 1 saturated heterocycles. The van der Waals surface area contributed by atoms with E-state index >= 15 is 0 Å². The van der Waals surface area contributed by atoms with Crippen molar-refractivity contribution in [3.63, 3.8) is 0 Å². The smallest absolute Gasteiger partial charge is 0.268 e. The van der Waals surface area contributed by atoms with Gasteiger partial charge in [-0.25, -0.2) is 0 Å². The summed E-state index contributed by atoms with van der Waals surface area (Å²) in [5.74, 6) is 1.00. The van der Waals surface area contributed by atoms with E-state index in [1.165, 1.54) is 0 Å². The third-order valence-electron chi connectivity index (χ3n) is 5.52. The summed E-state index contributed by atoms with van der Waals surface area (Å²) in [7, 11) is 0. The molecule has 1 atom stereocenters. The highest BCUT2D eigenvalue weighted by molar-refractivity contribution is 8.01. The van der Waals surface area contributed by atoms with Gasteiger partial charge in [0, 0.05) is 29.3 Å². The van der Waals surface area contributed by atoms with Gasteiger partial charge in [-0.15, -0.1) is 11.8 Å². The van der Waals surface area contributed by atoms with Crippen molar-refractivity contribution < 1.29 is 9.59 Å². The molecule has 1 fully saturated rings. The molecule has 0 N–H and O–H groups in total. The van der Waals surface area contributed by atoms with E-state index in [0.29, 0.717) is 24.5 Å². The largest absolute Gasteiger partial charge is 0.315 e. The molecule has 0 unspecified atom stereocenters. The summed E-state index contributed by atoms with van der Waals surface area (Å²) in [6.07, 6.45) is 0.446. The Hall–Kier alpha value is -1.98. The van der Waals surface area contributed by atoms with Crippen LogP contribution in [0.3, 0.4) is 0 Å². The van der Waals surface area contributed by atoms with Crippen molar-refractivity contribution in [2.75, 3.05) is 17.2 Å². The van der Waals surface area contributed by atoms with Gasteiger partial charge in [-0.2, -0.15) is 0 Å². The Morgan fingerprint density at radius 3 is 2.72 bits per heavy atom. The molecule has 2 aromatic carbocycles. The van der Waals surface area contributed by atoms with Crippen molar-refractivity contribution in [3.8, 4) is 0 Å².